The summed E-state index contributed by atoms with van der Waals surface area (Å²) < 4.78 is 12.8. The lowest BCUT2D eigenvalue weighted by Gasteiger charge is -2.19. The van der Waals surface area contributed by atoms with Crippen LogP contribution in [-0.4, -0.2) is 22.4 Å². The zero-order chi connectivity index (χ0) is 8.77. The maximum Gasteiger partial charge on any atom is 0.163 e. The zero-order valence-electron chi connectivity index (χ0n) is 7.55. The number of hydrogen-bond acceptors (Lipinski definition) is 2. The fourth-order valence-electron chi connectivity index (χ4n) is 2.19. The fraction of sp³-hybridized carbons (Fsp3) is 1.00. The van der Waals surface area contributed by atoms with Gasteiger partial charge in [0.25, 0.3) is 0 Å². The molecule has 0 radical (unpaired) electrons. The fourth-order valence-corrected chi connectivity index (χ4v) is 2.91. The molecule has 3 heteroatoms. The van der Waals surface area contributed by atoms with Crippen molar-refractivity contribution in [2.24, 2.45) is 5.92 Å². The summed E-state index contributed by atoms with van der Waals surface area (Å²) in [7, 11) is 0. The van der Waals surface area contributed by atoms with Crippen LogP contribution in [0.2, 0.25) is 0 Å². The van der Waals surface area contributed by atoms with E-state index in [1.54, 1.807) is 0 Å². The molecule has 1 aliphatic carbocycles. The van der Waals surface area contributed by atoms with Gasteiger partial charge >= 0.3 is 0 Å². The predicted molar refractivity (Wildman–Crippen MR) is 55.4 cm³/mol. The van der Waals surface area contributed by atoms with Gasteiger partial charge in [0, 0.05) is 4.43 Å². The lowest BCUT2D eigenvalue weighted by atomic mass is 10.1. The second-order valence-corrected chi connectivity index (χ2v) is 5.08. The number of alkyl halides is 1. The number of hydrogen-bond donors (Lipinski definition) is 0. The van der Waals surface area contributed by atoms with Crippen LogP contribution in [0.15, 0.2) is 0 Å². The van der Waals surface area contributed by atoms with Crippen LogP contribution in [0.3, 0.4) is 0 Å². The Morgan fingerprint density at radius 1 is 1.25 bits per heavy atom. The highest BCUT2D eigenvalue weighted by Crippen LogP contribution is 2.41. The van der Waals surface area contributed by atoms with Crippen molar-refractivity contribution in [2.75, 3.05) is 4.43 Å². The quantitative estimate of drug-likeness (QED) is 0.543. The molecule has 0 aromatic heterocycles. The Bertz CT molecular complexity index is 165. The highest BCUT2D eigenvalue weighted by Gasteiger charge is 2.46. The van der Waals surface area contributed by atoms with Crippen molar-refractivity contribution in [2.45, 2.75) is 44.7 Å². The van der Waals surface area contributed by atoms with E-state index < -0.39 is 0 Å². The van der Waals surface area contributed by atoms with Crippen molar-refractivity contribution >= 4 is 22.6 Å². The first-order valence-corrected chi connectivity index (χ1v) is 6.05. The van der Waals surface area contributed by atoms with Gasteiger partial charge in [-0.15, -0.1) is 0 Å². The van der Waals surface area contributed by atoms with E-state index in [1.165, 1.54) is 17.3 Å². The summed E-state index contributed by atoms with van der Waals surface area (Å²) in [5, 5.41) is 0. The molecule has 12 heavy (non-hydrogen) atoms. The Morgan fingerprint density at radius 3 is 2.17 bits per heavy atom. The molecule has 2 nitrogen and oxygen atoms in total. The maximum absolute atomic E-state index is 5.78. The minimum Gasteiger partial charge on any atom is -0.345 e. The van der Waals surface area contributed by atoms with E-state index in [0.29, 0.717) is 12.2 Å². The van der Waals surface area contributed by atoms with Crippen LogP contribution in [0.4, 0.5) is 0 Å². The summed E-state index contributed by atoms with van der Waals surface area (Å²) in [6.07, 6.45) is 3.13. The average Bonchev–Trinajstić information content (AvgIpc) is 2.40. The van der Waals surface area contributed by atoms with Crippen LogP contribution >= 0.6 is 22.6 Å². The summed E-state index contributed by atoms with van der Waals surface area (Å²) in [5.74, 6) is 0.489. The van der Waals surface area contributed by atoms with Gasteiger partial charge in [-0.3, -0.25) is 0 Å². The SMILES string of the molecule is CC1(C)OC2CC(CI)CC2O1. The molecule has 0 N–H and O–H groups in total. The van der Waals surface area contributed by atoms with Gasteiger partial charge in [-0.25, -0.2) is 0 Å². The largest absolute Gasteiger partial charge is 0.345 e. The normalized spacial score (nSPS) is 44.8. The van der Waals surface area contributed by atoms with E-state index in [0.717, 1.165) is 5.92 Å². The number of ether oxygens (including phenoxy) is 2. The minimum atomic E-state index is -0.328. The van der Waals surface area contributed by atoms with E-state index in [4.69, 9.17) is 9.47 Å². The molecule has 2 fully saturated rings. The number of halogens is 1. The van der Waals surface area contributed by atoms with Gasteiger partial charge in [-0.05, 0) is 32.6 Å². The average molecular weight is 282 g/mol. The first kappa shape index (κ1) is 9.21. The lowest BCUT2D eigenvalue weighted by molar-refractivity contribution is -0.153. The van der Waals surface area contributed by atoms with Crippen molar-refractivity contribution in [3.63, 3.8) is 0 Å². The van der Waals surface area contributed by atoms with E-state index in [-0.39, 0.29) is 5.79 Å². The summed E-state index contributed by atoms with van der Waals surface area (Å²) in [6, 6.07) is 0. The molecule has 2 unspecified atom stereocenters. The van der Waals surface area contributed by atoms with Crippen molar-refractivity contribution in [1.82, 2.24) is 0 Å². The Balaban J connectivity index is 1.97. The van der Waals surface area contributed by atoms with Crippen LogP contribution in [0.5, 0.6) is 0 Å². The Kier molecular flexibility index (Phi) is 2.38. The molecule has 2 atom stereocenters. The van der Waals surface area contributed by atoms with Crippen molar-refractivity contribution in [3.05, 3.63) is 0 Å². The van der Waals surface area contributed by atoms with Crippen LogP contribution in [0.25, 0.3) is 0 Å². The maximum atomic E-state index is 5.78. The van der Waals surface area contributed by atoms with E-state index in [1.807, 2.05) is 13.8 Å². The first-order chi connectivity index (χ1) is 5.61. The molecule has 2 rings (SSSR count). The molecule has 1 aliphatic heterocycles. The monoisotopic (exact) mass is 282 g/mol. The molecule has 0 aromatic carbocycles. The molecule has 0 bridgehead atoms. The topological polar surface area (TPSA) is 18.5 Å². The van der Waals surface area contributed by atoms with Gasteiger partial charge in [0.1, 0.15) is 0 Å². The van der Waals surface area contributed by atoms with E-state index >= 15 is 0 Å². The van der Waals surface area contributed by atoms with E-state index in [9.17, 15) is 0 Å². The lowest BCUT2D eigenvalue weighted by Crippen LogP contribution is -2.23. The standard InChI is InChI=1S/C9H15IO2/c1-9(2)11-7-3-6(5-10)4-8(7)12-9/h6-8H,3-5H2,1-2H3. The molecular formula is C9H15IO2. The first-order valence-electron chi connectivity index (χ1n) is 4.52. The van der Waals surface area contributed by atoms with Gasteiger partial charge in [0.15, 0.2) is 5.79 Å². The summed E-state index contributed by atoms with van der Waals surface area (Å²) in [6.45, 7) is 4.01. The molecule has 70 valence electrons. The highest BCUT2D eigenvalue weighted by molar-refractivity contribution is 14.1. The van der Waals surface area contributed by atoms with Gasteiger partial charge in [0.2, 0.25) is 0 Å². The molecule has 1 heterocycles. The number of rotatable bonds is 1. The summed E-state index contributed by atoms with van der Waals surface area (Å²) in [5.41, 5.74) is 0. The summed E-state index contributed by atoms with van der Waals surface area (Å²) in [4.78, 5) is 0. The number of fused-ring (bicyclic) bond motifs is 1. The van der Waals surface area contributed by atoms with Crippen LogP contribution in [0, 0.1) is 5.92 Å². The van der Waals surface area contributed by atoms with Crippen LogP contribution < -0.4 is 0 Å². The molecule has 0 aromatic rings. The van der Waals surface area contributed by atoms with E-state index in [2.05, 4.69) is 22.6 Å². The summed E-state index contributed by atoms with van der Waals surface area (Å²) >= 11 is 2.45. The third-order valence-corrected chi connectivity index (χ3v) is 3.88. The Morgan fingerprint density at radius 2 is 1.75 bits per heavy atom. The Labute approximate surface area is 87.1 Å². The molecule has 2 aliphatic rings. The smallest absolute Gasteiger partial charge is 0.163 e. The van der Waals surface area contributed by atoms with Gasteiger partial charge in [-0.2, -0.15) is 0 Å². The molecular weight excluding hydrogens is 267 g/mol. The molecule has 1 saturated carbocycles. The van der Waals surface area contributed by atoms with Gasteiger partial charge < -0.3 is 9.47 Å². The van der Waals surface area contributed by atoms with Gasteiger partial charge in [0.05, 0.1) is 12.2 Å². The minimum absolute atomic E-state index is 0.328. The van der Waals surface area contributed by atoms with Crippen molar-refractivity contribution in [3.8, 4) is 0 Å². The van der Waals surface area contributed by atoms with Crippen LogP contribution in [-0.2, 0) is 9.47 Å². The van der Waals surface area contributed by atoms with Crippen molar-refractivity contribution < 1.29 is 9.47 Å². The third kappa shape index (κ3) is 1.63. The predicted octanol–water partition coefficient (Wildman–Crippen LogP) is 2.35. The van der Waals surface area contributed by atoms with Crippen molar-refractivity contribution in [1.29, 1.82) is 0 Å². The highest BCUT2D eigenvalue weighted by atomic mass is 127. The third-order valence-electron chi connectivity index (χ3n) is 2.63. The zero-order valence-corrected chi connectivity index (χ0v) is 9.71. The van der Waals surface area contributed by atoms with Gasteiger partial charge in [-0.1, -0.05) is 22.6 Å². The molecule has 0 amide bonds. The molecule has 1 saturated heterocycles. The van der Waals surface area contributed by atoms with Crippen LogP contribution in [0.1, 0.15) is 26.7 Å². The molecule has 0 spiro atoms. The Hall–Kier alpha value is 0.650. The second-order valence-electron chi connectivity index (χ2n) is 4.20. The second kappa shape index (κ2) is 3.10.